The van der Waals surface area contributed by atoms with E-state index in [1.165, 1.54) is 13.0 Å². The van der Waals surface area contributed by atoms with Crippen LogP contribution in [0.3, 0.4) is 0 Å². The topological polar surface area (TPSA) is 86.6 Å². The summed E-state index contributed by atoms with van der Waals surface area (Å²) < 4.78 is 12.3. The van der Waals surface area contributed by atoms with Gasteiger partial charge >= 0.3 is 5.97 Å². The Bertz CT molecular complexity index is 957. The highest BCUT2D eigenvalue weighted by molar-refractivity contribution is 6.00. The van der Waals surface area contributed by atoms with E-state index in [-0.39, 0.29) is 12.4 Å². The third-order valence-corrected chi connectivity index (χ3v) is 4.92. The molecule has 7 heteroatoms. The largest absolute Gasteiger partial charge is 0.497 e. The van der Waals surface area contributed by atoms with Crippen molar-refractivity contribution in [3.05, 3.63) is 58.9 Å². The molecule has 0 saturated heterocycles. The molecule has 31 heavy (non-hydrogen) atoms. The third-order valence-electron chi connectivity index (χ3n) is 4.92. The summed E-state index contributed by atoms with van der Waals surface area (Å²) in [5, 5.41) is 2.54. The number of Topliss-reactive ketones (excluding diaryl/α,β-unsaturated/α-hetero) is 1. The molecule has 0 aliphatic carbocycles. The highest BCUT2D eigenvalue weighted by Gasteiger charge is 2.20. The molecule has 0 fully saturated rings. The van der Waals surface area contributed by atoms with Gasteiger partial charge in [0, 0.05) is 29.6 Å². The number of rotatable bonds is 10. The molecule has 2 rings (SSSR count). The molecule has 166 valence electrons. The average molecular weight is 427 g/mol. The van der Waals surface area contributed by atoms with E-state index in [9.17, 15) is 14.4 Å². The number of methoxy groups -OCH3 is 1. The maximum absolute atomic E-state index is 12.5. The minimum atomic E-state index is -0.881. The summed E-state index contributed by atoms with van der Waals surface area (Å²) in [7, 11) is 1.58. The molecular weight excluding hydrogens is 396 g/mol. The van der Waals surface area contributed by atoms with Crippen LogP contribution in [0.4, 0.5) is 0 Å². The number of esters is 1. The number of ether oxygens (including phenoxy) is 2. The molecule has 0 unspecified atom stereocenters. The molecule has 2 aromatic rings. The van der Waals surface area contributed by atoms with Crippen LogP contribution in [0.1, 0.15) is 47.6 Å². The summed E-state index contributed by atoms with van der Waals surface area (Å²) in [5.74, 6) is -0.641. The molecule has 1 aromatic heterocycles. The fourth-order valence-electron chi connectivity index (χ4n) is 3.20. The number of carbonyl (C=O) groups is 3. The number of carbonyl (C=O) groups excluding carboxylic acids is 3. The molecule has 0 radical (unpaired) electrons. The van der Waals surface area contributed by atoms with E-state index in [0.29, 0.717) is 5.56 Å². The SMILES string of the molecule is CCCn1c(C)cc(C(=O)COC(=O)[C@H](C)NC(=O)/C=C/c2ccc(OC)cc2)c1C. The molecule has 0 spiro atoms. The van der Waals surface area contributed by atoms with Crippen LogP contribution < -0.4 is 10.1 Å². The molecule has 1 N–H and O–H groups in total. The number of hydrogen-bond acceptors (Lipinski definition) is 5. The van der Waals surface area contributed by atoms with Gasteiger partial charge in [0.15, 0.2) is 6.61 Å². The summed E-state index contributed by atoms with van der Waals surface area (Å²) >= 11 is 0. The molecule has 0 saturated carbocycles. The lowest BCUT2D eigenvalue weighted by Gasteiger charge is -2.12. The van der Waals surface area contributed by atoms with Gasteiger partial charge in [-0.3, -0.25) is 9.59 Å². The van der Waals surface area contributed by atoms with Crippen molar-refractivity contribution in [1.82, 2.24) is 9.88 Å². The zero-order valence-corrected chi connectivity index (χ0v) is 18.7. The van der Waals surface area contributed by atoms with Crippen LogP contribution >= 0.6 is 0 Å². The predicted molar refractivity (Wildman–Crippen MR) is 119 cm³/mol. The van der Waals surface area contributed by atoms with Crippen molar-refractivity contribution >= 4 is 23.7 Å². The number of aryl methyl sites for hydroxylation is 1. The molecule has 1 atom stereocenters. The second-order valence-electron chi connectivity index (χ2n) is 7.30. The maximum Gasteiger partial charge on any atom is 0.328 e. The Balaban J connectivity index is 1.86. The summed E-state index contributed by atoms with van der Waals surface area (Å²) in [4.78, 5) is 36.7. The lowest BCUT2D eigenvalue weighted by Crippen LogP contribution is -2.39. The van der Waals surface area contributed by atoms with Gasteiger partial charge < -0.3 is 19.4 Å². The Morgan fingerprint density at radius 1 is 1.16 bits per heavy atom. The average Bonchev–Trinajstić information content (AvgIpc) is 3.04. The monoisotopic (exact) mass is 426 g/mol. The Hall–Kier alpha value is -3.35. The van der Waals surface area contributed by atoms with Crippen LogP contribution in [0, 0.1) is 13.8 Å². The Morgan fingerprint density at radius 3 is 2.45 bits per heavy atom. The first-order valence-electron chi connectivity index (χ1n) is 10.3. The number of hydrogen-bond donors (Lipinski definition) is 1. The van der Waals surface area contributed by atoms with Gasteiger partial charge in [-0.2, -0.15) is 0 Å². The quantitative estimate of drug-likeness (QED) is 0.357. The van der Waals surface area contributed by atoms with Crippen molar-refractivity contribution in [3.8, 4) is 5.75 Å². The Labute approximate surface area is 183 Å². The highest BCUT2D eigenvalue weighted by atomic mass is 16.5. The highest BCUT2D eigenvalue weighted by Crippen LogP contribution is 2.16. The van der Waals surface area contributed by atoms with Gasteiger partial charge in [-0.15, -0.1) is 0 Å². The number of nitrogens with one attached hydrogen (secondary N) is 1. The number of nitrogens with zero attached hydrogens (tertiary/aromatic N) is 1. The zero-order chi connectivity index (χ0) is 23.0. The predicted octanol–water partition coefficient (Wildman–Crippen LogP) is 3.47. The van der Waals surface area contributed by atoms with E-state index >= 15 is 0 Å². The normalized spacial score (nSPS) is 11.9. The van der Waals surface area contributed by atoms with Gasteiger partial charge in [-0.05, 0) is 57.0 Å². The van der Waals surface area contributed by atoms with Crippen molar-refractivity contribution in [2.75, 3.05) is 13.7 Å². The summed E-state index contributed by atoms with van der Waals surface area (Å²) in [6.45, 7) is 7.89. The van der Waals surface area contributed by atoms with E-state index in [1.807, 2.05) is 32.0 Å². The van der Waals surface area contributed by atoms with Crippen molar-refractivity contribution in [2.24, 2.45) is 0 Å². The van der Waals surface area contributed by atoms with Crippen LogP contribution in [0.5, 0.6) is 5.75 Å². The summed E-state index contributed by atoms with van der Waals surface area (Å²) in [6, 6.07) is 8.12. The van der Waals surface area contributed by atoms with Crippen molar-refractivity contribution < 1.29 is 23.9 Å². The van der Waals surface area contributed by atoms with Gasteiger partial charge in [0.1, 0.15) is 11.8 Å². The molecule has 1 amide bonds. The standard InChI is InChI=1S/C24H30N2O5/c1-6-13-26-16(2)14-21(18(26)4)22(27)15-31-24(29)17(3)25-23(28)12-9-19-7-10-20(30-5)11-8-19/h7-12,14,17H,6,13,15H2,1-5H3,(H,25,28)/b12-9+/t17-/m0/s1. The molecule has 7 nitrogen and oxygen atoms in total. The Kier molecular flexibility index (Phi) is 8.61. The molecule has 0 aliphatic heterocycles. The van der Waals surface area contributed by atoms with Crippen LogP contribution in [0.2, 0.25) is 0 Å². The van der Waals surface area contributed by atoms with Crippen molar-refractivity contribution in [2.45, 2.75) is 46.7 Å². The number of aromatic nitrogens is 1. The maximum atomic E-state index is 12.5. The minimum absolute atomic E-state index is 0.262. The summed E-state index contributed by atoms with van der Waals surface area (Å²) in [5.41, 5.74) is 3.24. The van der Waals surface area contributed by atoms with Gasteiger partial charge in [0.25, 0.3) is 0 Å². The number of benzene rings is 1. The van der Waals surface area contributed by atoms with Crippen molar-refractivity contribution in [1.29, 1.82) is 0 Å². The van der Waals surface area contributed by atoms with E-state index in [1.54, 1.807) is 25.3 Å². The third kappa shape index (κ3) is 6.57. The number of amides is 1. The number of ketones is 1. The van der Waals surface area contributed by atoms with Gasteiger partial charge in [-0.25, -0.2) is 4.79 Å². The first kappa shape index (κ1) is 23.9. The summed E-state index contributed by atoms with van der Waals surface area (Å²) in [6.07, 6.45) is 3.92. The van der Waals surface area contributed by atoms with Gasteiger partial charge in [-0.1, -0.05) is 19.1 Å². The van der Waals surface area contributed by atoms with Crippen LogP contribution in [0.25, 0.3) is 6.08 Å². The first-order valence-corrected chi connectivity index (χ1v) is 10.3. The first-order chi connectivity index (χ1) is 14.8. The second kappa shape index (κ2) is 11.2. The lowest BCUT2D eigenvalue weighted by molar-refractivity contribution is -0.145. The smallest absolute Gasteiger partial charge is 0.328 e. The molecule has 0 aliphatic rings. The fourth-order valence-corrected chi connectivity index (χ4v) is 3.20. The molecular formula is C24H30N2O5. The van der Waals surface area contributed by atoms with E-state index in [0.717, 1.165) is 35.7 Å². The van der Waals surface area contributed by atoms with E-state index in [4.69, 9.17) is 9.47 Å². The minimum Gasteiger partial charge on any atom is -0.497 e. The lowest BCUT2D eigenvalue weighted by atomic mass is 10.1. The van der Waals surface area contributed by atoms with Gasteiger partial charge in [0.05, 0.1) is 7.11 Å². The molecule has 1 aromatic carbocycles. The van der Waals surface area contributed by atoms with E-state index < -0.39 is 17.9 Å². The van der Waals surface area contributed by atoms with Crippen LogP contribution in [-0.2, 0) is 20.9 Å². The second-order valence-corrected chi connectivity index (χ2v) is 7.30. The zero-order valence-electron chi connectivity index (χ0n) is 18.7. The Morgan fingerprint density at radius 2 is 1.84 bits per heavy atom. The van der Waals surface area contributed by atoms with Gasteiger partial charge in [0.2, 0.25) is 11.7 Å². The van der Waals surface area contributed by atoms with Crippen LogP contribution in [0.15, 0.2) is 36.4 Å². The van der Waals surface area contributed by atoms with E-state index in [2.05, 4.69) is 16.8 Å². The molecule has 1 heterocycles. The van der Waals surface area contributed by atoms with Crippen molar-refractivity contribution in [3.63, 3.8) is 0 Å². The van der Waals surface area contributed by atoms with Crippen LogP contribution in [-0.4, -0.2) is 42.0 Å². The molecule has 0 bridgehead atoms. The fraction of sp³-hybridized carbons (Fsp3) is 0.375.